The minimum atomic E-state index is -2.72. The smallest absolute Gasteiger partial charge is 0.220 e. The van der Waals surface area contributed by atoms with E-state index in [2.05, 4.69) is 0 Å². The maximum absolute atomic E-state index is 11.2. The second-order valence-electron chi connectivity index (χ2n) is 4.10. The van der Waals surface area contributed by atoms with E-state index in [1.807, 2.05) is 0 Å². The van der Waals surface area contributed by atoms with E-state index in [1.54, 1.807) is 0 Å². The van der Waals surface area contributed by atoms with Gasteiger partial charge in [0.1, 0.15) is 9.73 Å². The van der Waals surface area contributed by atoms with Gasteiger partial charge in [-0.1, -0.05) is 24.3 Å². The second-order valence-corrected chi connectivity index (χ2v) is 5.91. The van der Waals surface area contributed by atoms with Crippen molar-refractivity contribution in [2.24, 2.45) is 0 Å². The van der Waals surface area contributed by atoms with Crippen molar-refractivity contribution in [3.63, 3.8) is 0 Å². The van der Waals surface area contributed by atoms with Crippen molar-refractivity contribution in [1.82, 2.24) is 0 Å². The largest absolute Gasteiger partial charge is 0.388 e. The monoisotopic (exact) mass is 318 g/mol. The number of hydrogen-bond donors (Lipinski definition) is 2. The van der Waals surface area contributed by atoms with Crippen molar-refractivity contribution in [1.29, 1.82) is 0 Å². The summed E-state index contributed by atoms with van der Waals surface area (Å²) in [5.41, 5.74) is 0.104. The summed E-state index contributed by atoms with van der Waals surface area (Å²) in [6, 6.07) is 5.79. The molecule has 0 fully saturated rings. The van der Waals surface area contributed by atoms with Crippen molar-refractivity contribution in [2.45, 2.75) is 26.1 Å². The lowest BCUT2D eigenvalue weighted by atomic mass is 9.97. The molecule has 2 atom stereocenters. The number of hydrogen-bond acceptors (Lipinski definition) is 6. The standard InChI is InChI=1S/C12H14O6S2/c1-7(13)11(19(15)16)9-5-3-4-6-10(9)12(8(2)14)20(17)18/h3-8,13-14H,1-2H3. The molecule has 1 rings (SSSR count). The zero-order valence-corrected chi connectivity index (χ0v) is 12.4. The van der Waals surface area contributed by atoms with E-state index in [-0.39, 0.29) is 20.9 Å². The third kappa shape index (κ3) is 3.54. The van der Waals surface area contributed by atoms with E-state index in [4.69, 9.17) is 0 Å². The number of aliphatic hydroxyl groups is 2. The molecule has 0 aromatic heterocycles. The molecular formula is C12H14O6S2. The van der Waals surface area contributed by atoms with Crippen LogP contribution in [-0.2, 0) is 20.6 Å². The van der Waals surface area contributed by atoms with Crippen molar-refractivity contribution in [3.05, 3.63) is 35.4 Å². The molecule has 2 unspecified atom stereocenters. The topological polar surface area (TPSA) is 109 Å². The minimum absolute atomic E-state index is 0.0518. The lowest BCUT2D eigenvalue weighted by Gasteiger charge is -2.13. The highest BCUT2D eigenvalue weighted by Gasteiger charge is 2.21. The van der Waals surface area contributed by atoms with E-state index in [9.17, 15) is 27.0 Å². The SMILES string of the molecule is CC(O)C(c1ccccc1C(C(C)O)=S(=O)=O)=S(=O)=O. The van der Waals surface area contributed by atoms with Gasteiger partial charge < -0.3 is 10.2 Å². The summed E-state index contributed by atoms with van der Waals surface area (Å²) in [6.45, 7) is 2.52. The van der Waals surface area contributed by atoms with Crippen LogP contribution in [-0.4, -0.2) is 49.0 Å². The number of rotatable bonds is 4. The Balaban J connectivity index is 3.80. The van der Waals surface area contributed by atoms with Crippen LogP contribution in [0.3, 0.4) is 0 Å². The Kier molecular flexibility index (Phi) is 5.63. The molecule has 0 aliphatic carbocycles. The van der Waals surface area contributed by atoms with Crippen molar-refractivity contribution in [3.8, 4) is 0 Å². The molecule has 2 N–H and O–H groups in total. The van der Waals surface area contributed by atoms with Crippen LogP contribution in [0.15, 0.2) is 24.3 Å². The molecule has 110 valence electrons. The van der Waals surface area contributed by atoms with Crippen LogP contribution < -0.4 is 0 Å². The molecular weight excluding hydrogens is 304 g/mol. The Bertz CT molecular complexity index is 687. The van der Waals surface area contributed by atoms with E-state index < -0.39 is 32.8 Å². The van der Waals surface area contributed by atoms with Gasteiger partial charge >= 0.3 is 0 Å². The normalized spacial score (nSPS) is 13.4. The number of aliphatic hydroxyl groups excluding tert-OH is 2. The van der Waals surface area contributed by atoms with Crippen molar-refractivity contribution in [2.75, 3.05) is 0 Å². The predicted molar refractivity (Wildman–Crippen MR) is 75.9 cm³/mol. The van der Waals surface area contributed by atoms with Crippen LogP contribution in [0, 0.1) is 0 Å². The van der Waals surface area contributed by atoms with Gasteiger partial charge in [-0.3, -0.25) is 0 Å². The average molecular weight is 318 g/mol. The fraction of sp³-hybridized carbons (Fsp3) is 0.333. The van der Waals surface area contributed by atoms with Crippen LogP contribution >= 0.6 is 0 Å². The van der Waals surface area contributed by atoms with Gasteiger partial charge in [0.05, 0.1) is 12.2 Å². The first-order chi connectivity index (χ1) is 9.27. The third-order valence-corrected chi connectivity index (χ3v) is 4.42. The molecule has 0 saturated carbocycles. The highest BCUT2D eigenvalue weighted by molar-refractivity contribution is 7.74. The molecule has 1 aromatic carbocycles. The summed E-state index contributed by atoms with van der Waals surface area (Å²) in [5, 5.41) is 19.1. The van der Waals surface area contributed by atoms with Crippen LogP contribution in [0.4, 0.5) is 0 Å². The average Bonchev–Trinajstić information content (AvgIpc) is 2.29. The molecule has 0 saturated heterocycles. The van der Waals surface area contributed by atoms with E-state index in [0.29, 0.717) is 0 Å². The quantitative estimate of drug-likeness (QED) is 0.558. The van der Waals surface area contributed by atoms with E-state index in [1.165, 1.54) is 38.1 Å². The summed E-state index contributed by atoms with van der Waals surface area (Å²) in [4.78, 5) is -0.659. The van der Waals surface area contributed by atoms with Gasteiger partial charge in [-0.05, 0) is 13.8 Å². The Labute approximate surface area is 119 Å². The second kappa shape index (κ2) is 6.80. The minimum Gasteiger partial charge on any atom is -0.388 e. The third-order valence-electron chi connectivity index (χ3n) is 2.58. The van der Waals surface area contributed by atoms with E-state index >= 15 is 0 Å². The van der Waals surface area contributed by atoms with Crippen molar-refractivity contribution >= 4 is 30.3 Å². The first kappa shape index (κ1) is 16.6. The molecule has 8 heteroatoms. The summed E-state index contributed by atoms with van der Waals surface area (Å²) >= 11 is 0. The van der Waals surface area contributed by atoms with Crippen LogP contribution in [0.2, 0.25) is 0 Å². The Morgan fingerprint density at radius 2 is 1.15 bits per heavy atom. The lowest BCUT2D eigenvalue weighted by Crippen LogP contribution is -2.26. The Hall–Kier alpha value is -1.48. The summed E-state index contributed by atoms with van der Waals surface area (Å²) in [6.07, 6.45) is -2.60. The van der Waals surface area contributed by atoms with E-state index in [0.717, 1.165) is 0 Å². The molecule has 0 radical (unpaired) electrons. The highest BCUT2D eigenvalue weighted by atomic mass is 32.2. The first-order valence-electron chi connectivity index (χ1n) is 5.65. The zero-order valence-electron chi connectivity index (χ0n) is 10.8. The predicted octanol–water partition coefficient (Wildman–Crippen LogP) is -0.753. The Morgan fingerprint density at radius 3 is 1.35 bits per heavy atom. The molecule has 6 nitrogen and oxygen atoms in total. The zero-order chi connectivity index (χ0) is 15.4. The van der Waals surface area contributed by atoms with Gasteiger partial charge in [0.25, 0.3) is 0 Å². The molecule has 0 spiro atoms. The summed E-state index contributed by atoms with van der Waals surface area (Å²) < 4.78 is 44.9. The molecule has 20 heavy (non-hydrogen) atoms. The molecule has 1 aromatic rings. The fourth-order valence-corrected chi connectivity index (χ4v) is 3.09. The summed E-state index contributed by atoms with van der Waals surface area (Å²) in [5.74, 6) is 0. The molecule has 0 aliphatic heterocycles. The summed E-state index contributed by atoms with van der Waals surface area (Å²) in [7, 11) is -5.43. The van der Waals surface area contributed by atoms with Gasteiger partial charge in [0.2, 0.25) is 20.6 Å². The maximum Gasteiger partial charge on any atom is 0.220 e. The van der Waals surface area contributed by atoms with Crippen LogP contribution in [0.5, 0.6) is 0 Å². The van der Waals surface area contributed by atoms with Crippen LogP contribution in [0.1, 0.15) is 25.0 Å². The number of benzene rings is 1. The van der Waals surface area contributed by atoms with Crippen molar-refractivity contribution < 1.29 is 27.0 Å². The van der Waals surface area contributed by atoms with Gasteiger partial charge in [-0.15, -0.1) is 0 Å². The van der Waals surface area contributed by atoms with Gasteiger partial charge in [-0.25, -0.2) is 0 Å². The van der Waals surface area contributed by atoms with Crippen LogP contribution in [0.25, 0.3) is 0 Å². The molecule has 0 aliphatic rings. The molecule has 0 bridgehead atoms. The lowest BCUT2D eigenvalue weighted by molar-refractivity contribution is 0.263. The van der Waals surface area contributed by atoms with Gasteiger partial charge in [0.15, 0.2) is 0 Å². The molecule has 0 heterocycles. The fourth-order valence-electron chi connectivity index (χ4n) is 1.82. The maximum atomic E-state index is 11.2. The first-order valence-corrected chi connectivity index (χ1v) is 7.80. The van der Waals surface area contributed by atoms with Gasteiger partial charge in [-0.2, -0.15) is 16.8 Å². The van der Waals surface area contributed by atoms with Gasteiger partial charge in [0, 0.05) is 11.1 Å². The highest BCUT2D eigenvalue weighted by Crippen LogP contribution is 2.14. The Morgan fingerprint density at radius 1 is 0.850 bits per heavy atom. The molecule has 0 amide bonds.